The topological polar surface area (TPSA) is 111 Å². The summed E-state index contributed by atoms with van der Waals surface area (Å²) in [4.78, 5) is 36.7. The second-order valence-electron chi connectivity index (χ2n) is 7.88. The number of carbonyl (C=O) groups excluding carboxylic acids is 2. The molecule has 9 heteroatoms. The summed E-state index contributed by atoms with van der Waals surface area (Å²) >= 11 is 1.35. The number of non-ortho nitro benzene ring substituents is 1. The molecular formula is C28H23N3O5S. The third kappa shape index (κ3) is 7.42. The van der Waals surface area contributed by atoms with E-state index in [-0.39, 0.29) is 24.1 Å². The number of nitrogens with zero attached hydrogens (tertiary/aromatic N) is 1. The fourth-order valence-electron chi connectivity index (χ4n) is 3.39. The van der Waals surface area contributed by atoms with Crippen LogP contribution in [0.3, 0.4) is 0 Å². The number of para-hydroxylation sites is 1. The Morgan fingerprint density at radius 2 is 1.35 bits per heavy atom. The third-order valence-corrected chi connectivity index (χ3v) is 6.46. The van der Waals surface area contributed by atoms with E-state index in [0.717, 1.165) is 10.5 Å². The van der Waals surface area contributed by atoms with E-state index in [4.69, 9.17) is 4.74 Å². The Morgan fingerprint density at radius 1 is 0.784 bits per heavy atom. The van der Waals surface area contributed by atoms with E-state index in [9.17, 15) is 19.7 Å². The minimum absolute atomic E-state index is 0.0502. The highest BCUT2D eigenvalue weighted by atomic mass is 32.2. The minimum Gasteiger partial charge on any atom is -0.484 e. The normalized spacial score (nSPS) is 11.2. The van der Waals surface area contributed by atoms with Crippen molar-refractivity contribution in [3.8, 4) is 5.75 Å². The number of nitrogens with one attached hydrogen (secondary N) is 2. The van der Waals surface area contributed by atoms with Gasteiger partial charge in [0.2, 0.25) is 5.91 Å². The minimum atomic E-state index is -0.573. The van der Waals surface area contributed by atoms with Gasteiger partial charge in [-0.2, -0.15) is 0 Å². The fraction of sp³-hybridized carbons (Fsp3) is 0.0714. The van der Waals surface area contributed by atoms with Crippen molar-refractivity contribution in [1.29, 1.82) is 0 Å². The first kappa shape index (κ1) is 25.5. The Morgan fingerprint density at radius 3 is 1.97 bits per heavy atom. The summed E-state index contributed by atoms with van der Waals surface area (Å²) in [5.41, 5.74) is 1.83. The van der Waals surface area contributed by atoms with Gasteiger partial charge in [0.15, 0.2) is 6.61 Å². The van der Waals surface area contributed by atoms with Crippen molar-refractivity contribution in [2.24, 2.45) is 0 Å². The number of ether oxygens (including phenoxy) is 1. The molecule has 0 radical (unpaired) electrons. The van der Waals surface area contributed by atoms with Crippen LogP contribution in [0.4, 0.5) is 17.1 Å². The molecule has 0 aromatic heterocycles. The van der Waals surface area contributed by atoms with Crippen molar-refractivity contribution in [3.05, 3.63) is 125 Å². The zero-order valence-corrected chi connectivity index (χ0v) is 20.4. The van der Waals surface area contributed by atoms with Crippen LogP contribution in [0, 0.1) is 10.1 Å². The van der Waals surface area contributed by atoms with E-state index >= 15 is 0 Å². The number of hydrogen-bond donors (Lipinski definition) is 2. The van der Waals surface area contributed by atoms with Crippen LogP contribution in [0.2, 0.25) is 0 Å². The van der Waals surface area contributed by atoms with Gasteiger partial charge in [-0.15, -0.1) is 11.8 Å². The van der Waals surface area contributed by atoms with E-state index in [1.54, 1.807) is 24.3 Å². The lowest BCUT2D eigenvalue weighted by Gasteiger charge is -2.17. The summed E-state index contributed by atoms with van der Waals surface area (Å²) in [7, 11) is 0. The number of benzene rings is 4. The number of rotatable bonds is 10. The lowest BCUT2D eigenvalue weighted by molar-refractivity contribution is -0.384. The molecule has 2 amide bonds. The lowest BCUT2D eigenvalue weighted by Crippen LogP contribution is -2.20. The maximum absolute atomic E-state index is 13.2. The molecule has 0 aliphatic rings. The molecule has 0 spiro atoms. The summed E-state index contributed by atoms with van der Waals surface area (Å²) in [6.07, 6.45) is 0. The quantitative estimate of drug-likeness (QED) is 0.151. The first-order valence-electron chi connectivity index (χ1n) is 11.3. The summed E-state index contributed by atoms with van der Waals surface area (Å²) in [6, 6.07) is 31.3. The van der Waals surface area contributed by atoms with Crippen molar-refractivity contribution in [3.63, 3.8) is 0 Å². The average molecular weight is 514 g/mol. The van der Waals surface area contributed by atoms with E-state index in [1.165, 1.54) is 36.0 Å². The largest absolute Gasteiger partial charge is 0.484 e. The molecule has 0 aliphatic heterocycles. The van der Waals surface area contributed by atoms with Crippen LogP contribution in [-0.2, 0) is 9.59 Å². The second kappa shape index (κ2) is 12.4. The molecule has 2 N–H and O–H groups in total. The Labute approximate surface area is 217 Å². The van der Waals surface area contributed by atoms with Gasteiger partial charge in [-0.3, -0.25) is 19.7 Å². The van der Waals surface area contributed by atoms with E-state index in [1.807, 2.05) is 60.7 Å². The van der Waals surface area contributed by atoms with Crippen molar-refractivity contribution >= 4 is 40.6 Å². The number of amides is 2. The number of anilines is 2. The molecule has 4 rings (SSSR count). The molecule has 186 valence electrons. The monoisotopic (exact) mass is 513 g/mol. The van der Waals surface area contributed by atoms with Gasteiger partial charge in [0.1, 0.15) is 11.0 Å². The zero-order valence-electron chi connectivity index (χ0n) is 19.6. The molecule has 1 atom stereocenters. The molecule has 0 fully saturated rings. The number of hydrogen-bond acceptors (Lipinski definition) is 6. The first-order chi connectivity index (χ1) is 18.0. The average Bonchev–Trinajstić information content (AvgIpc) is 2.93. The highest BCUT2D eigenvalue weighted by Gasteiger charge is 2.22. The van der Waals surface area contributed by atoms with Gasteiger partial charge in [0.05, 0.1) is 4.92 Å². The van der Waals surface area contributed by atoms with E-state index < -0.39 is 10.2 Å². The van der Waals surface area contributed by atoms with Crippen molar-refractivity contribution in [2.45, 2.75) is 10.1 Å². The van der Waals surface area contributed by atoms with E-state index in [0.29, 0.717) is 17.1 Å². The highest BCUT2D eigenvalue weighted by Crippen LogP contribution is 2.36. The van der Waals surface area contributed by atoms with Crippen molar-refractivity contribution < 1.29 is 19.2 Å². The van der Waals surface area contributed by atoms with Crippen molar-refractivity contribution in [1.82, 2.24) is 0 Å². The maximum Gasteiger partial charge on any atom is 0.269 e. The molecule has 0 saturated carbocycles. The summed E-state index contributed by atoms with van der Waals surface area (Å²) < 4.78 is 5.46. The van der Waals surface area contributed by atoms with Crippen LogP contribution < -0.4 is 15.4 Å². The number of nitro groups is 1. The Hall–Kier alpha value is -4.63. The Bertz CT molecular complexity index is 1350. The predicted octanol–water partition coefficient (Wildman–Crippen LogP) is 6.08. The second-order valence-corrected chi connectivity index (χ2v) is 9.05. The zero-order chi connectivity index (χ0) is 26.0. The predicted molar refractivity (Wildman–Crippen MR) is 144 cm³/mol. The van der Waals surface area contributed by atoms with Crippen LogP contribution in [0.15, 0.2) is 114 Å². The molecule has 1 unspecified atom stereocenters. The summed E-state index contributed by atoms with van der Waals surface area (Å²) in [6.45, 7) is -0.112. The van der Waals surface area contributed by atoms with Crippen LogP contribution in [-0.4, -0.2) is 23.3 Å². The van der Waals surface area contributed by atoms with Gasteiger partial charge in [-0.05, 0) is 54.1 Å². The lowest BCUT2D eigenvalue weighted by atomic mass is 10.1. The van der Waals surface area contributed by atoms with Gasteiger partial charge in [-0.1, -0.05) is 48.5 Å². The molecule has 0 saturated heterocycles. The van der Waals surface area contributed by atoms with Crippen LogP contribution in [0.5, 0.6) is 5.75 Å². The molecule has 4 aromatic rings. The fourth-order valence-corrected chi connectivity index (χ4v) is 4.42. The Balaban J connectivity index is 1.40. The molecule has 0 aliphatic carbocycles. The van der Waals surface area contributed by atoms with Crippen molar-refractivity contribution in [2.75, 3.05) is 17.2 Å². The van der Waals surface area contributed by atoms with Crippen LogP contribution >= 0.6 is 11.8 Å². The number of carbonyl (C=O) groups is 2. The number of thioether (sulfide) groups is 1. The Kier molecular flexibility index (Phi) is 8.51. The molecule has 0 bridgehead atoms. The molecule has 37 heavy (non-hydrogen) atoms. The van der Waals surface area contributed by atoms with Crippen LogP contribution in [0.1, 0.15) is 10.8 Å². The standard InChI is InChI=1S/C28H23N3O5S/c32-26(19-36-24-9-5-2-6-10-24)29-21-13-17-25(18-14-21)37-27(20-7-3-1-4-8-20)28(33)30-22-11-15-23(16-12-22)31(34)35/h1-18,27H,19H2,(H,29,32)(H,30,33). The smallest absolute Gasteiger partial charge is 0.269 e. The third-order valence-electron chi connectivity index (χ3n) is 5.19. The number of nitro benzene ring substituents is 1. The highest BCUT2D eigenvalue weighted by molar-refractivity contribution is 8.00. The molecule has 8 nitrogen and oxygen atoms in total. The summed E-state index contributed by atoms with van der Waals surface area (Å²) in [5.74, 6) is 0.0674. The molecule has 4 aromatic carbocycles. The molecule has 0 heterocycles. The SMILES string of the molecule is O=C(COc1ccccc1)Nc1ccc(SC(C(=O)Nc2ccc([N+](=O)[O-])cc2)c2ccccc2)cc1. The first-order valence-corrected chi connectivity index (χ1v) is 12.2. The van der Waals surface area contributed by atoms with Gasteiger partial charge in [0.25, 0.3) is 11.6 Å². The van der Waals surface area contributed by atoms with Gasteiger partial charge < -0.3 is 15.4 Å². The maximum atomic E-state index is 13.2. The summed E-state index contributed by atoms with van der Waals surface area (Å²) in [5, 5.41) is 15.9. The van der Waals surface area contributed by atoms with Gasteiger partial charge >= 0.3 is 0 Å². The van der Waals surface area contributed by atoms with E-state index in [2.05, 4.69) is 10.6 Å². The van der Waals surface area contributed by atoms with Gasteiger partial charge in [-0.25, -0.2) is 0 Å². The van der Waals surface area contributed by atoms with Crippen LogP contribution in [0.25, 0.3) is 0 Å². The molecular weight excluding hydrogens is 490 g/mol. The van der Waals surface area contributed by atoms with Gasteiger partial charge in [0, 0.05) is 28.4 Å².